The van der Waals surface area contributed by atoms with Gasteiger partial charge in [-0.3, -0.25) is 0 Å². The molecule has 118 valence electrons. The van der Waals surface area contributed by atoms with Gasteiger partial charge in [-0.25, -0.2) is 4.98 Å². The van der Waals surface area contributed by atoms with E-state index in [0.29, 0.717) is 11.5 Å². The van der Waals surface area contributed by atoms with Crippen LogP contribution in [0.25, 0.3) is 11.2 Å². The van der Waals surface area contributed by atoms with Crippen LogP contribution in [0, 0.1) is 0 Å². The highest BCUT2D eigenvalue weighted by Gasteiger charge is 2.17. The smallest absolute Gasteiger partial charge is 0.224 e. The van der Waals surface area contributed by atoms with Gasteiger partial charge in [-0.15, -0.1) is 0 Å². The Kier molecular flexibility index (Phi) is 3.55. The lowest BCUT2D eigenvalue weighted by Crippen LogP contribution is -2.14. The Morgan fingerprint density at radius 1 is 0.875 bits per heavy atom. The summed E-state index contributed by atoms with van der Waals surface area (Å²) in [4.78, 5) is 15.7. The predicted molar refractivity (Wildman–Crippen MR) is 94.4 cm³/mol. The summed E-state index contributed by atoms with van der Waals surface area (Å²) in [5.74, 6) is 0.824. The third-order valence-electron chi connectivity index (χ3n) is 3.85. The molecule has 4 N–H and O–H groups in total. The van der Waals surface area contributed by atoms with Gasteiger partial charge >= 0.3 is 0 Å². The molecular formula is C18H16N6. The second-order valence-corrected chi connectivity index (χ2v) is 5.43. The molecular weight excluding hydrogens is 300 g/mol. The van der Waals surface area contributed by atoms with Crippen molar-refractivity contribution in [2.75, 3.05) is 11.1 Å². The first-order chi connectivity index (χ1) is 11.8. The van der Waals surface area contributed by atoms with Crippen LogP contribution in [0.3, 0.4) is 0 Å². The lowest BCUT2D eigenvalue weighted by molar-refractivity contribution is 0.927. The van der Waals surface area contributed by atoms with Crippen molar-refractivity contribution >= 4 is 22.9 Å². The maximum Gasteiger partial charge on any atom is 0.224 e. The van der Waals surface area contributed by atoms with Crippen LogP contribution in [0.5, 0.6) is 0 Å². The van der Waals surface area contributed by atoms with E-state index in [2.05, 4.69) is 49.5 Å². The minimum atomic E-state index is -0.0619. The molecule has 2 aromatic heterocycles. The Balaban J connectivity index is 1.81. The molecule has 4 aromatic rings. The standard InChI is InChI=1S/C18H16N6/c19-18-23-16-15(20-11-21-16)17(24-18)22-14(12-7-3-1-4-8-12)13-9-5-2-6-10-13/h1-11,14H,(H4,19,20,21,22,23,24). The van der Waals surface area contributed by atoms with Crippen molar-refractivity contribution in [1.82, 2.24) is 19.9 Å². The second-order valence-electron chi connectivity index (χ2n) is 5.43. The molecule has 0 spiro atoms. The number of aromatic amines is 1. The van der Waals surface area contributed by atoms with Crippen LogP contribution in [0.4, 0.5) is 11.8 Å². The van der Waals surface area contributed by atoms with E-state index < -0.39 is 0 Å². The maximum atomic E-state index is 5.82. The quantitative estimate of drug-likeness (QED) is 0.538. The molecule has 0 saturated carbocycles. The Hall–Kier alpha value is -3.41. The van der Waals surface area contributed by atoms with Crippen molar-refractivity contribution in [3.63, 3.8) is 0 Å². The molecule has 0 unspecified atom stereocenters. The number of imidazole rings is 1. The van der Waals surface area contributed by atoms with E-state index in [4.69, 9.17) is 5.73 Å². The number of H-pyrrole nitrogens is 1. The normalized spacial score (nSPS) is 11.0. The van der Waals surface area contributed by atoms with Crippen LogP contribution in [-0.2, 0) is 0 Å². The highest BCUT2D eigenvalue weighted by atomic mass is 15.1. The average Bonchev–Trinajstić information content (AvgIpc) is 3.09. The van der Waals surface area contributed by atoms with E-state index in [0.717, 1.165) is 16.6 Å². The molecule has 0 aliphatic heterocycles. The van der Waals surface area contributed by atoms with Crippen molar-refractivity contribution in [1.29, 1.82) is 0 Å². The molecule has 0 aliphatic carbocycles. The molecule has 0 radical (unpaired) electrons. The fraction of sp³-hybridized carbons (Fsp3) is 0.0556. The number of hydrogen-bond acceptors (Lipinski definition) is 5. The van der Waals surface area contributed by atoms with Gasteiger partial charge in [-0.1, -0.05) is 60.7 Å². The summed E-state index contributed by atoms with van der Waals surface area (Å²) >= 11 is 0. The molecule has 24 heavy (non-hydrogen) atoms. The SMILES string of the molecule is Nc1nc(NC(c2ccccc2)c2ccccc2)c2[nH]cnc2n1. The monoisotopic (exact) mass is 316 g/mol. The number of aromatic nitrogens is 4. The van der Waals surface area contributed by atoms with Gasteiger partial charge in [0.05, 0.1) is 12.4 Å². The summed E-state index contributed by atoms with van der Waals surface area (Å²) in [7, 11) is 0. The first-order valence-electron chi connectivity index (χ1n) is 7.64. The topological polar surface area (TPSA) is 92.5 Å². The van der Waals surface area contributed by atoms with Crippen LogP contribution in [0.2, 0.25) is 0 Å². The summed E-state index contributed by atoms with van der Waals surface area (Å²) in [6.07, 6.45) is 1.59. The summed E-state index contributed by atoms with van der Waals surface area (Å²) in [6, 6.07) is 20.4. The molecule has 0 bridgehead atoms. The Morgan fingerprint density at radius 2 is 1.50 bits per heavy atom. The Labute approximate surface area is 138 Å². The largest absolute Gasteiger partial charge is 0.368 e. The average molecular weight is 316 g/mol. The molecule has 0 atom stereocenters. The molecule has 0 amide bonds. The van der Waals surface area contributed by atoms with Crippen molar-refractivity contribution in [2.45, 2.75) is 6.04 Å². The number of nitrogens with one attached hydrogen (secondary N) is 2. The summed E-state index contributed by atoms with van der Waals surface area (Å²) in [5, 5.41) is 3.48. The molecule has 0 saturated heterocycles. The fourth-order valence-electron chi connectivity index (χ4n) is 2.74. The van der Waals surface area contributed by atoms with Gasteiger partial charge in [0, 0.05) is 0 Å². The minimum absolute atomic E-state index is 0.0619. The van der Waals surface area contributed by atoms with Gasteiger partial charge in [0.25, 0.3) is 0 Å². The van der Waals surface area contributed by atoms with Crippen LogP contribution in [-0.4, -0.2) is 19.9 Å². The van der Waals surface area contributed by atoms with E-state index in [1.165, 1.54) is 0 Å². The van der Waals surface area contributed by atoms with E-state index >= 15 is 0 Å². The molecule has 0 aliphatic rings. The highest BCUT2D eigenvalue weighted by molar-refractivity contribution is 5.83. The fourth-order valence-corrected chi connectivity index (χ4v) is 2.74. The van der Waals surface area contributed by atoms with Gasteiger partial charge in [0.2, 0.25) is 5.95 Å². The van der Waals surface area contributed by atoms with Crippen LogP contribution in [0.1, 0.15) is 17.2 Å². The summed E-state index contributed by atoms with van der Waals surface area (Å²) in [5.41, 5.74) is 9.37. The Bertz CT molecular complexity index is 910. The third-order valence-corrected chi connectivity index (χ3v) is 3.85. The second kappa shape index (κ2) is 6.00. The number of rotatable bonds is 4. The predicted octanol–water partition coefficient (Wildman–Crippen LogP) is 3.14. The lowest BCUT2D eigenvalue weighted by atomic mass is 9.99. The molecule has 6 nitrogen and oxygen atoms in total. The number of hydrogen-bond donors (Lipinski definition) is 3. The van der Waals surface area contributed by atoms with Crippen molar-refractivity contribution in [3.8, 4) is 0 Å². The molecule has 2 aromatic carbocycles. The van der Waals surface area contributed by atoms with Gasteiger partial charge < -0.3 is 16.0 Å². The Morgan fingerprint density at radius 3 is 2.12 bits per heavy atom. The number of fused-ring (bicyclic) bond motifs is 1. The molecule has 4 rings (SSSR count). The maximum absolute atomic E-state index is 5.82. The van der Waals surface area contributed by atoms with E-state index in [9.17, 15) is 0 Å². The number of nitrogens with zero attached hydrogens (tertiary/aromatic N) is 3. The van der Waals surface area contributed by atoms with Gasteiger partial charge in [0.15, 0.2) is 11.5 Å². The number of nitrogens with two attached hydrogens (primary N) is 1. The van der Waals surface area contributed by atoms with Crippen molar-refractivity contribution < 1.29 is 0 Å². The van der Waals surface area contributed by atoms with Gasteiger partial charge in [-0.05, 0) is 11.1 Å². The third kappa shape index (κ3) is 2.65. The van der Waals surface area contributed by atoms with Crippen LogP contribution >= 0.6 is 0 Å². The number of anilines is 2. The summed E-state index contributed by atoms with van der Waals surface area (Å²) < 4.78 is 0. The van der Waals surface area contributed by atoms with Crippen molar-refractivity contribution in [2.24, 2.45) is 0 Å². The zero-order valence-corrected chi connectivity index (χ0v) is 12.8. The van der Waals surface area contributed by atoms with Crippen LogP contribution in [0.15, 0.2) is 67.0 Å². The zero-order valence-electron chi connectivity index (χ0n) is 12.8. The highest BCUT2D eigenvalue weighted by Crippen LogP contribution is 2.28. The van der Waals surface area contributed by atoms with Crippen LogP contribution < -0.4 is 11.1 Å². The number of nitrogen functional groups attached to an aromatic ring is 1. The van der Waals surface area contributed by atoms with Crippen molar-refractivity contribution in [3.05, 3.63) is 78.1 Å². The van der Waals surface area contributed by atoms with E-state index in [1.54, 1.807) is 6.33 Å². The molecule has 2 heterocycles. The van der Waals surface area contributed by atoms with E-state index in [1.807, 2.05) is 36.4 Å². The zero-order chi connectivity index (χ0) is 16.4. The summed E-state index contributed by atoms with van der Waals surface area (Å²) in [6.45, 7) is 0. The first kappa shape index (κ1) is 14.2. The first-order valence-corrected chi connectivity index (χ1v) is 7.64. The van der Waals surface area contributed by atoms with Gasteiger partial charge in [-0.2, -0.15) is 9.97 Å². The molecule has 0 fully saturated rings. The number of benzene rings is 2. The van der Waals surface area contributed by atoms with E-state index in [-0.39, 0.29) is 12.0 Å². The lowest BCUT2D eigenvalue weighted by Gasteiger charge is -2.20. The van der Waals surface area contributed by atoms with Gasteiger partial charge in [0.1, 0.15) is 5.52 Å². The molecule has 6 heteroatoms. The minimum Gasteiger partial charge on any atom is -0.368 e.